The monoisotopic (exact) mass is 225 g/mol. The molecule has 1 unspecified atom stereocenters. The summed E-state index contributed by atoms with van der Waals surface area (Å²) in [6.45, 7) is 9.01. The molecule has 0 fully saturated rings. The van der Waals surface area contributed by atoms with E-state index in [1.807, 2.05) is 11.7 Å². The summed E-state index contributed by atoms with van der Waals surface area (Å²) in [6.07, 6.45) is 0. The zero-order valence-corrected chi connectivity index (χ0v) is 11.0. The summed E-state index contributed by atoms with van der Waals surface area (Å²) in [6, 6.07) is 0. The summed E-state index contributed by atoms with van der Waals surface area (Å²) >= 11 is 0. The van der Waals surface area contributed by atoms with Crippen molar-refractivity contribution in [2.24, 2.45) is 13.0 Å². The van der Waals surface area contributed by atoms with Crippen LogP contribution in [0.2, 0.25) is 0 Å². The Morgan fingerprint density at radius 3 is 2.62 bits per heavy atom. The Morgan fingerprint density at radius 2 is 2.12 bits per heavy atom. The van der Waals surface area contributed by atoms with Crippen LogP contribution in [0.5, 0.6) is 0 Å². The van der Waals surface area contributed by atoms with Gasteiger partial charge in [0.15, 0.2) is 0 Å². The first-order chi connectivity index (χ1) is 7.56. The molecular weight excluding hydrogens is 202 g/mol. The Balaban J connectivity index is 2.43. The van der Waals surface area contributed by atoms with Crippen LogP contribution in [0.4, 0.5) is 0 Å². The standard InChI is InChI=1S/C12H23N3O/c1-9(8-16-5)6-13-7-12-10(2)14-15(4)11(12)3/h9,13H,6-8H2,1-5H3. The topological polar surface area (TPSA) is 39.1 Å². The predicted molar refractivity (Wildman–Crippen MR) is 65.4 cm³/mol. The van der Waals surface area contributed by atoms with Crippen molar-refractivity contribution < 1.29 is 4.74 Å². The lowest BCUT2D eigenvalue weighted by atomic mass is 10.1. The summed E-state index contributed by atoms with van der Waals surface area (Å²) in [5.41, 5.74) is 3.67. The Kier molecular flexibility index (Phi) is 4.96. The molecule has 0 bridgehead atoms. The van der Waals surface area contributed by atoms with Gasteiger partial charge in [-0.25, -0.2) is 0 Å². The lowest BCUT2D eigenvalue weighted by Gasteiger charge is -2.11. The highest BCUT2D eigenvalue weighted by atomic mass is 16.5. The van der Waals surface area contributed by atoms with Crippen molar-refractivity contribution in [3.8, 4) is 0 Å². The lowest BCUT2D eigenvalue weighted by molar-refractivity contribution is 0.158. The average Bonchev–Trinajstić information content (AvgIpc) is 2.45. The van der Waals surface area contributed by atoms with E-state index in [1.54, 1.807) is 7.11 Å². The van der Waals surface area contributed by atoms with Gasteiger partial charge in [0.25, 0.3) is 0 Å². The molecule has 16 heavy (non-hydrogen) atoms. The molecule has 0 radical (unpaired) electrons. The van der Waals surface area contributed by atoms with Crippen LogP contribution in [0.1, 0.15) is 23.9 Å². The van der Waals surface area contributed by atoms with Gasteiger partial charge in [-0.1, -0.05) is 6.92 Å². The van der Waals surface area contributed by atoms with Gasteiger partial charge in [-0.2, -0.15) is 5.10 Å². The van der Waals surface area contributed by atoms with Crippen LogP contribution >= 0.6 is 0 Å². The van der Waals surface area contributed by atoms with Gasteiger partial charge in [-0.05, 0) is 19.8 Å². The second kappa shape index (κ2) is 6.01. The first-order valence-corrected chi connectivity index (χ1v) is 5.75. The molecule has 0 aliphatic carbocycles. The number of hydrogen-bond acceptors (Lipinski definition) is 3. The first-order valence-electron chi connectivity index (χ1n) is 5.75. The van der Waals surface area contributed by atoms with Gasteiger partial charge >= 0.3 is 0 Å². The van der Waals surface area contributed by atoms with Crippen LogP contribution in [0.25, 0.3) is 0 Å². The molecule has 1 rings (SSSR count). The third-order valence-corrected chi connectivity index (χ3v) is 2.90. The molecule has 0 saturated heterocycles. The molecule has 1 heterocycles. The van der Waals surface area contributed by atoms with Gasteiger partial charge in [-0.3, -0.25) is 4.68 Å². The highest BCUT2D eigenvalue weighted by molar-refractivity contribution is 5.23. The van der Waals surface area contributed by atoms with Crippen LogP contribution in [0, 0.1) is 19.8 Å². The summed E-state index contributed by atoms with van der Waals surface area (Å²) < 4.78 is 7.04. The lowest BCUT2D eigenvalue weighted by Crippen LogP contribution is -2.23. The van der Waals surface area contributed by atoms with Crippen molar-refractivity contribution in [3.05, 3.63) is 17.0 Å². The highest BCUT2D eigenvalue weighted by Crippen LogP contribution is 2.11. The number of aromatic nitrogens is 2. The third-order valence-electron chi connectivity index (χ3n) is 2.90. The zero-order valence-electron chi connectivity index (χ0n) is 11.0. The van der Waals surface area contributed by atoms with E-state index in [2.05, 4.69) is 31.2 Å². The van der Waals surface area contributed by atoms with Crippen molar-refractivity contribution in [1.82, 2.24) is 15.1 Å². The molecule has 0 saturated carbocycles. The molecule has 92 valence electrons. The Hall–Kier alpha value is -0.870. The first kappa shape index (κ1) is 13.2. The third kappa shape index (κ3) is 3.32. The normalized spacial score (nSPS) is 13.1. The van der Waals surface area contributed by atoms with E-state index >= 15 is 0 Å². The maximum absolute atomic E-state index is 5.10. The minimum absolute atomic E-state index is 0.544. The van der Waals surface area contributed by atoms with Gasteiger partial charge in [0, 0.05) is 45.1 Å². The van der Waals surface area contributed by atoms with Crippen molar-refractivity contribution >= 4 is 0 Å². The van der Waals surface area contributed by atoms with Crippen molar-refractivity contribution in [1.29, 1.82) is 0 Å². The Labute approximate surface area is 98.0 Å². The minimum Gasteiger partial charge on any atom is -0.384 e. The van der Waals surface area contributed by atoms with E-state index in [-0.39, 0.29) is 0 Å². The smallest absolute Gasteiger partial charge is 0.0641 e. The Morgan fingerprint density at radius 1 is 1.44 bits per heavy atom. The number of aryl methyl sites for hydroxylation is 2. The summed E-state index contributed by atoms with van der Waals surface area (Å²) in [5.74, 6) is 0.544. The summed E-state index contributed by atoms with van der Waals surface area (Å²) in [5, 5.41) is 7.84. The minimum atomic E-state index is 0.544. The SMILES string of the molecule is COCC(C)CNCc1c(C)nn(C)c1C. The number of hydrogen-bond donors (Lipinski definition) is 1. The molecule has 0 aromatic carbocycles. The van der Waals surface area contributed by atoms with Crippen LogP contribution in [0.3, 0.4) is 0 Å². The molecular formula is C12H23N3O. The van der Waals surface area contributed by atoms with Gasteiger partial charge in [0.2, 0.25) is 0 Å². The van der Waals surface area contributed by atoms with E-state index in [9.17, 15) is 0 Å². The fourth-order valence-corrected chi connectivity index (χ4v) is 1.86. The fourth-order valence-electron chi connectivity index (χ4n) is 1.86. The van der Waals surface area contributed by atoms with Crippen molar-refractivity contribution in [2.75, 3.05) is 20.3 Å². The molecule has 4 nitrogen and oxygen atoms in total. The molecule has 1 aromatic heterocycles. The van der Waals surface area contributed by atoms with E-state index in [0.717, 1.165) is 25.4 Å². The van der Waals surface area contributed by atoms with Crippen LogP contribution in [0.15, 0.2) is 0 Å². The molecule has 0 amide bonds. The quantitative estimate of drug-likeness (QED) is 0.795. The van der Waals surface area contributed by atoms with Crippen LogP contribution in [-0.2, 0) is 18.3 Å². The van der Waals surface area contributed by atoms with E-state index in [1.165, 1.54) is 11.3 Å². The number of ether oxygens (including phenoxy) is 1. The molecule has 1 atom stereocenters. The Bertz CT molecular complexity index is 333. The van der Waals surface area contributed by atoms with Gasteiger partial charge < -0.3 is 10.1 Å². The van der Waals surface area contributed by atoms with E-state index in [4.69, 9.17) is 4.74 Å². The molecule has 1 aromatic rings. The van der Waals surface area contributed by atoms with Gasteiger partial charge in [0.05, 0.1) is 5.69 Å². The number of rotatable bonds is 6. The largest absolute Gasteiger partial charge is 0.384 e. The molecule has 1 N–H and O–H groups in total. The van der Waals surface area contributed by atoms with Gasteiger partial charge in [-0.15, -0.1) is 0 Å². The second-order valence-corrected chi connectivity index (χ2v) is 4.46. The van der Waals surface area contributed by atoms with Gasteiger partial charge in [0.1, 0.15) is 0 Å². The highest BCUT2D eigenvalue weighted by Gasteiger charge is 2.09. The summed E-state index contributed by atoms with van der Waals surface area (Å²) in [7, 11) is 3.73. The molecule has 0 aliphatic rings. The molecule has 0 spiro atoms. The van der Waals surface area contributed by atoms with Crippen molar-refractivity contribution in [3.63, 3.8) is 0 Å². The zero-order chi connectivity index (χ0) is 12.1. The summed E-state index contributed by atoms with van der Waals surface area (Å²) in [4.78, 5) is 0. The maximum atomic E-state index is 5.10. The number of nitrogens with zero attached hydrogens (tertiary/aromatic N) is 2. The van der Waals surface area contributed by atoms with E-state index < -0.39 is 0 Å². The molecule has 0 aliphatic heterocycles. The van der Waals surface area contributed by atoms with E-state index in [0.29, 0.717) is 5.92 Å². The predicted octanol–water partition coefficient (Wildman–Crippen LogP) is 1.41. The van der Waals surface area contributed by atoms with Crippen molar-refractivity contribution in [2.45, 2.75) is 27.3 Å². The number of nitrogens with one attached hydrogen (secondary N) is 1. The van der Waals surface area contributed by atoms with Crippen LogP contribution in [-0.4, -0.2) is 30.0 Å². The fraction of sp³-hybridized carbons (Fsp3) is 0.750. The average molecular weight is 225 g/mol. The number of methoxy groups -OCH3 is 1. The second-order valence-electron chi connectivity index (χ2n) is 4.46. The maximum Gasteiger partial charge on any atom is 0.0641 e. The van der Waals surface area contributed by atoms with Crippen LogP contribution < -0.4 is 5.32 Å². The molecule has 4 heteroatoms.